The van der Waals surface area contributed by atoms with E-state index < -0.39 is 0 Å². The van der Waals surface area contributed by atoms with Crippen LogP contribution >= 0.6 is 12.4 Å². The smallest absolute Gasteiger partial charge is 0.102 e. The molecule has 0 spiro atoms. The molecule has 0 bridgehead atoms. The van der Waals surface area contributed by atoms with Crippen LogP contribution in [0.3, 0.4) is 0 Å². The lowest BCUT2D eigenvalue weighted by Gasteiger charge is -2.33. The summed E-state index contributed by atoms with van der Waals surface area (Å²) < 4.78 is 0. The largest absolute Gasteiger partial charge is 0.372 e. The van der Waals surface area contributed by atoms with Gasteiger partial charge in [-0.1, -0.05) is 12.2 Å². The molecule has 0 atom stereocenters. The molecule has 2 rings (SSSR count). The predicted octanol–water partition coefficient (Wildman–Crippen LogP) is 1.11. The van der Waals surface area contributed by atoms with Crippen LogP contribution in [0.1, 0.15) is 6.42 Å². The number of nitrogens with zero attached hydrogens (tertiary/aromatic N) is 1. The van der Waals surface area contributed by atoms with Crippen molar-refractivity contribution in [2.24, 2.45) is 0 Å². The minimum atomic E-state index is 0. The Balaban J connectivity index is 0.000000605. The lowest BCUT2D eigenvalue weighted by Crippen LogP contribution is -2.40. The van der Waals surface area contributed by atoms with Gasteiger partial charge >= 0.3 is 0 Å². The molecule has 11 heavy (non-hydrogen) atoms. The van der Waals surface area contributed by atoms with Gasteiger partial charge in [0.15, 0.2) is 0 Å². The van der Waals surface area contributed by atoms with Crippen LogP contribution in [-0.4, -0.2) is 24.5 Å². The molecular weight excluding hydrogens is 160 g/mol. The molecule has 0 aromatic heterocycles. The van der Waals surface area contributed by atoms with Gasteiger partial charge in [-0.15, -0.1) is 12.4 Å². The lowest BCUT2D eigenvalue weighted by atomic mass is 10.2. The second kappa shape index (κ2) is 3.67. The number of fused-ring (bicyclic) bond motifs is 1. The molecule has 1 N–H and O–H groups in total. The van der Waals surface area contributed by atoms with Gasteiger partial charge in [-0.3, -0.25) is 0 Å². The molecule has 2 heterocycles. The van der Waals surface area contributed by atoms with Gasteiger partial charge in [0.2, 0.25) is 0 Å². The zero-order valence-corrected chi connectivity index (χ0v) is 7.23. The highest BCUT2D eigenvalue weighted by Crippen LogP contribution is 2.10. The number of rotatable bonds is 0. The molecule has 62 valence electrons. The third-order valence-electron chi connectivity index (χ3n) is 1.97. The summed E-state index contributed by atoms with van der Waals surface area (Å²) in [5.74, 6) is 1.30. The molecule has 3 heteroatoms. The summed E-state index contributed by atoms with van der Waals surface area (Å²) in [5.41, 5.74) is 0. The van der Waals surface area contributed by atoms with Crippen LogP contribution in [0.25, 0.3) is 0 Å². The Bertz CT molecular complexity index is 187. The van der Waals surface area contributed by atoms with Crippen molar-refractivity contribution in [3.63, 3.8) is 0 Å². The van der Waals surface area contributed by atoms with Crippen molar-refractivity contribution in [2.75, 3.05) is 19.6 Å². The molecular formula is C8H13ClN2. The topological polar surface area (TPSA) is 15.3 Å². The highest BCUT2D eigenvalue weighted by atomic mass is 35.5. The molecule has 0 amide bonds. The van der Waals surface area contributed by atoms with Gasteiger partial charge in [0, 0.05) is 19.6 Å². The van der Waals surface area contributed by atoms with Crippen LogP contribution in [0.4, 0.5) is 0 Å². The highest BCUT2D eigenvalue weighted by molar-refractivity contribution is 5.85. The summed E-state index contributed by atoms with van der Waals surface area (Å²) in [4.78, 5) is 2.36. The minimum Gasteiger partial charge on any atom is -0.372 e. The van der Waals surface area contributed by atoms with E-state index in [2.05, 4.69) is 28.4 Å². The van der Waals surface area contributed by atoms with Gasteiger partial charge in [0.05, 0.1) is 0 Å². The number of hydrogen-bond acceptors (Lipinski definition) is 2. The van der Waals surface area contributed by atoms with Crippen molar-refractivity contribution in [3.8, 4) is 0 Å². The van der Waals surface area contributed by atoms with Crippen molar-refractivity contribution in [1.82, 2.24) is 10.2 Å². The molecule has 2 nitrogen and oxygen atoms in total. The molecule has 0 saturated carbocycles. The first kappa shape index (κ1) is 8.47. The maximum Gasteiger partial charge on any atom is 0.102 e. The van der Waals surface area contributed by atoms with Gasteiger partial charge < -0.3 is 10.2 Å². The van der Waals surface area contributed by atoms with E-state index in [1.807, 2.05) is 0 Å². The summed E-state index contributed by atoms with van der Waals surface area (Å²) in [7, 11) is 0. The quantitative estimate of drug-likeness (QED) is 0.589. The van der Waals surface area contributed by atoms with Gasteiger partial charge in [0.1, 0.15) is 5.82 Å². The van der Waals surface area contributed by atoms with Gasteiger partial charge in [0.25, 0.3) is 0 Å². The van der Waals surface area contributed by atoms with E-state index in [-0.39, 0.29) is 12.4 Å². The van der Waals surface area contributed by atoms with Crippen molar-refractivity contribution >= 4 is 12.4 Å². The SMILES string of the molecule is C1=CCN2CCCNC2=C1.Cl. The van der Waals surface area contributed by atoms with E-state index in [0.29, 0.717) is 0 Å². The number of nitrogens with one attached hydrogen (secondary N) is 1. The minimum absolute atomic E-state index is 0. The molecule has 0 aromatic carbocycles. The predicted molar refractivity (Wildman–Crippen MR) is 48.7 cm³/mol. The fraction of sp³-hybridized carbons (Fsp3) is 0.500. The molecule has 1 fully saturated rings. The Morgan fingerprint density at radius 3 is 3.18 bits per heavy atom. The van der Waals surface area contributed by atoms with E-state index in [0.717, 1.165) is 13.1 Å². The van der Waals surface area contributed by atoms with Crippen LogP contribution in [0.5, 0.6) is 0 Å². The lowest BCUT2D eigenvalue weighted by molar-refractivity contribution is 0.304. The van der Waals surface area contributed by atoms with E-state index in [1.54, 1.807) is 0 Å². The standard InChI is InChI=1S/C8H12N2.ClH/c1-2-6-10-7-3-5-9-8(10)4-1;/h1-2,4,9H,3,5-7H2;1H. The molecule has 0 aromatic rings. The van der Waals surface area contributed by atoms with E-state index >= 15 is 0 Å². The normalized spacial score (nSPS) is 21.1. The number of allylic oxidation sites excluding steroid dienone is 2. The summed E-state index contributed by atoms with van der Waals surface area (Å²) in [6.45, 7) is 3.43. The highest BCUT2D eigenvalue weighted by Gasteiger charge is 2.13. The fourth-order valence-electron chi connectivity index (χ4n) is 1.42. The van der Waals surface area contributed by atoms with E-state index in [4.69, 9.17) is 0 Å². The first-order valence-electron chi connectivity index (χ1n) is 3.82. The first-order valence-corrected chi connectivity index (χ1v) is 3.82. The number of halogens is 1. The van der Waals surface area contributed by atoms with Crippen molar-refractivity contribution in [3.05, 3.63) is 24.0 Å². The molecule has 0 radical (unpaired) electrons. The van der Waals surface area contributed by atoms with Crippen LogP contribution < -0.4 is 5.32 Å². The molecule has 2 aliphatic rings. The Kier molecular flexibility index (Phi) is 2.83. The van der Waals surface area contributed by atoms with Crippen molar-refractivity contribution in [2.45, 2.75) is 6.42 Å². The molecule has 0 unspecified atom stereocenters. The van der Waals surface area contributed by atoms with Gasteiger partial charge in [-0.25, -0.2) is 0 Å². The van der Waals surface area contributed by atoms with Gasteiger partial charge in [-0.05, 0) is 12.5 Å². The summed E-state index contributed by atoms with van der Waals surface area (Å²) in [5, 5.41) is 3.36. The van der Waals surface area contributed by atoms with Crippen LogP contribution in [0.15, 0.2) is 24.0 Å². The van der Waals surface area contributed by atoms with Crippen molar-refractivity contribution < 1.29 is 0 Å². The van der Waals surface area contributed by atoms with Crippen LogP contribution in [-0.2, 0) is 0 Å². The van der Waals surface area contributed by atoms with Crippen LogP contribution in [0, 0.1) is 0 Å². The third-order valence-corrected chi connectivity index (χ3v) is 1.97. The zero-order chi connectivity index (χ0) is 6.81. The second-order valence-electron chi connectivity index (χ2n) is 2.71. The molecule has 1 saturated heterocycles. The van der Waals surface area contributed by atoms with Gasteiger partial charge in [-0.2, -0.15) is 0 Å². The maximum absolute atomic E-state index is 3.36. The molecule has 2 aliphatic heterocycles. The average Bonchev–Trinajstić information content (AvgIpc) is 2.05. The zero-order valence-electron chi connectivity index (χ0n) is 6.42. The summed E-state index contributed by atoms with van der Waals surface area (Å²) in [6.07, 6.45) is 7.72. The molecule has 0 aliphatic carbocycles. The van der Waals surface area contributed by atoms with E-state index in [1.165, 1.54) is 18.8 Å². The van der Waals surface area contributed by atoms with Crippen molar-refractivity contribution in [1.29, 1.82) is 0 Å². The Labute approximate surface area is 73.4 Å². The number of hydrogen-bond donors (Lipinski definition) is 1. The third kappa shape index (κ3) is 1.69. The second-order valence-corrected chi connectivity index (χ2v) is 2.71. The Morgan fingerprint density at radius 2 is 2.36 bits per heavy atom. The van der Waals surface area contributed by atoms with Crippen LogP contribution in [0.2, 0.25) is 0 Å². The summed E-state index contributed by atoms with van der Waals surface area (Å²) >= 11 is 0. The Hall–Kier alpha value is -0.630. The average molecular weight is 173 g/mol. The monoisotopic (exact) mass is 172 g/mol. The first-order chi connectivity index (χ1) is 4.97. The Morgan fingerprint density at radius 1 is 1.45 bits per heavy atom. The van der Waals surface area contributed by atoms with E-state index in [9.17, 15) is 0 Å². The summed E-state index contributed by atoms with van der Waals surface area (Å²) in [6, 6.07) is 0. The fourth-order valence-corrected chi connectivity index (χ4v) is 1.42. The maximum atomic E-state index is 3.36.